The smallest absolute Gasteiger partial charge is 0.317 e. The van der Waals surface area contributed by atoms with Crippen molar-refractivity contribution in [3.8, 4) is 0 Å². The zero-order valence-corrected chi connectivity index (χ0v) is 10.8. The van der Waals surface area contributed by atoms with E-state index in [0.29, 0.717) is 13.0 Å². The van der Waals surface area contributed by atoms with Crippen LogP contribution in [-0.4, -0.2) is 58.3 Å². The van der Waals surface area contributed by atoms with Crippen LogP contribution in [0.3, 0.4) is 0 Å². The molecule has 0 saturated carbocycles. The van der Waals surface area contributed by atoms with E-state index in [0.717, 1.165) is 0 Å². The first-order valence-electron chi connectivity index (χ1n) is 5.97. The zero-order valence-electron chi connectivity index (χ0n) is 10.8. The quantitative estimate of drug-likeness (QED) is 0.495. The van der Waals surface area contributed by atoms with Gasteiger partial charge in [-0.05, 0) is 13.3 Å². The van der Waals surface area contributed by atoms with Crippen LogP contribution >= 0.6 is 0 Å². The highest BCUT2D eigenvalue weighted by atomic mass is 16.4. The third-order valence-electron chi connectivity index (χ3n) is 3.03. The van der Waals surface area contributed by atoms with Crippen LogP contribution in [0.4, 0.5) is 4.79 Å². The number of carbonyl (C=O) groups is 3. The lowest BCUT2D eigenvalue weighted by Crippen LogP contribution is -2.47. The lowest BCUT2D eigenvalue weighted by Gasteiger charge is -2.24. The van der Waals surface area contributed by atoms with Crippen molar-refractivity contribution in [3.63, 3.8) is 0 Å². The minimum absolute atomic E-state index is 0.171. The third kappa shape index (κ3) is 4.74. The molecule has 1 fully saturated rings. The van der Waals surface area contributed by atoms with Gasteiger partial charge in [0.2, 0.25) is 5.91 Å². The molecule has 108 valence electrons. The average molecular weight is 273 g/mol. The molecule has 8 heteroatoms. The topological polar surface area (TPSA) is 133 Å². The van der Waals surface area contributed by atoms with Gasteiger partial charge in [-0.2, -0.15) is 0 Å². The molecule has 8 nitrogen and oxygen atoms in total. The molecule has 0 radical (unpaired) electrons. The Kier molecular flexibility index (Phi) is 4.71. The highest BCUT2D eigenvalue weighted by molar-refractivity contribution is 5.80. The zero-order chi connectivity index (χ0) is 14.6. The maximum absolute atomic E-state index is 11.8. The number of nitrogens with two attached hydrogens (primary N) is 1. The normalized spacial score (nSPS) is 21.8. The molecule has 0 spiro atoms. The fourth-order valence-corrected chi connectivity index (χ4v) is 1.94. The fourth-order valence-electron chi connectivity index (χ4n) is 1.94. The summed E-state index contributed by atoms with van der Waals surface area (Å²) in [6, 6.07) is -0.436. The Labute approximate surface area is 110 Å². The van der Waals surface area contributed by atoms with Crippen LogP contribution in [0.25, 0.3) is 0 Å². The lowest BCUT2D eigenvalue weighted by atomic mass is 10.0. The molecule has 0 aromatic rings. The van der Waals surface area contributed by atoms with E-state index < -0.39 is 29.9 Å². The summed E-state index contributed by atoms with van der Waals surface area (Å²) in [6.07, 6.45) is 0.0610. The number of amides is 3. The molecule has 0 aromatic carbocycles. The molecule has 5 N–H and O–H groups in total. The summed E-state index contributed by atoms with van der Waals surface area (Å²) in [6.45, 7) is 1.83. The van der Waals surface area contributed by atoms with Gasteiger partial charge in [0, 0.05) is 19.6 Å². The minimum Gasteiger partial charge on any atom is -0.481 e. The molecule has 0 bridgehead atoms. The number of primary amides is 1. The first-order valence-corrected chi connectivity index (χ1v) is 5.97. The first kappa shape index (κ1) is 15.2. The molecule has 1 saturated heterocycles. The summed E-state index contributed by atoms with van der Waals surface area (Å²) in [5, 5.41) is 20.8. The van der Waals surface area contributed by atoms with E-state index in [9.17, 15) is 19.5 Å². The van der Waals surface area contributed by atoms with Crippen molar-refractivity contribution in [3.05, 3.63) is 0 Å². The summed E-state index contributed by atoms with van der Waals surface area (Å²) < 4.78 is 0. The Bertz CT molecular complexity index is 383. The monoisotopic (exact) mass is 273 g/mol. The number of carboxylic acid groups (broad SMARTS) is 1. The van der Waals surface area contributed by atoms with Gasteiger partial charge in [-0.25, -0.2) is 4.79 Å². The Morgan fingerprint density at radius 1 is 1.47 bits per heavy atom. The Morgan fingerprint density at radius 3 is 2.58 bits per heavy atom. The van der Waals surface area contributed by atoms with Gasteiger partial charge in [-0.15, -0.1) is 0 Å². The van der Waals surface area contributed by atoms with Gasteiger partial charge in [-0.1, -0.05) is 0 Å². The number of aliphatic hydroxyl groups is 1. The number of likely N-dealkylation sites (tertiary alicyclic amines) is 1. The average Bonchev–Trinajstić information content (AvgIpc) is 2.73. The Hall–Kier alpha value is -1.83. The molecule has 2 atom stereocenters. The van der Waals surface area contributed by atoms with Crippen LogP contribution in [0, 0.1) is 5.92 Å². The van der Waals surface area contributed by atoms with Crippen molar-refractivity contribution in [2.24, 2.45) is 11.7 Å². The molecule has 0 aromatic heterocycles. The van der Waals surface area contributed by atoms with Crippen LogP contribution < -0.4 is 11.1 Å². The molecule has 1 rings (SSSR count). The van der Waals surface area contributed by atoms with Gasteiger partial charge in [0.1, 0.15) is 0 Å². The van der Waals surface area contributed by atoms with Gasteiger partial charge in [0.25, 0.3) is 0 Å². The second-order valence-electron chi connectivity index (χ2n) is 5.06. The number of rotatable bonds is 5. The number of carbonyl (C=O) groups excluding carboxylic acids is 2. The van der Waals surface area contributed by atoms with Crippen molar-refractivity contribution in [2.45, 2.75) is 25.4 Å². The number of aliphatic carboxylic acids is 1. The van der Waals surface area contributed by atoms with Crippen LogP contribution in [0.5, 0.6) is 0 Å². The maximum Gasteiger partial charge on any atom is 0.317 e. The van der Waals surface area contributed by atoms with Gasteiger partial charge in [-0.3, -0.25) is 9.59 Å². The molecule has 1 aliphatic rings. The molecule has 2 unspecified atom stereocenters. The van der Waals surface area contributed by atoms with Gasteiger partial charge in [0.15, 0.2) is 0 Å². The Balaban J connectivity index is 2.40. The number of hydrogen-bond donors (Lipinski definition) is 4. The van der Waals surface area contributed by atoms with Crippen molar-refractivity contribution >= 4 is 17.9 Å². The van der Waals surface area contributed by atoms with Crippen LogP contribution in [0.15, 0.2) is 0 Å². The van der Waals surface area contributed by atoms with Crippen molar-refractivity contribution in [1.29, 1.82) is 0 Å². The molecule has 1 heterocycles. The maximum atomic E-state index is 11.8. The van der Waals surface area contributed by atoms with Gasteiger partial charge in [0.05, 0.1) is 17.9 Å². The van der Waals surface area contributed by atoms with Crippen LogP contribution in [-0.2, 0) is 9.59 Å². The van der Waals surface area contributed by atoms with Crippen molar-refractivity contribution in [1.82, 2.24) is 10.2 Å². The highest BCUT2D eigenvalue weighted by Gasteiger charge is 2.31. The van der Waals surface area contributed by atoms with E-state index >= 15 is 0 Å². The number of urea groups is 1. The van der Waals surface area contributed by atoms with E-state index in [1.54, 1.807) is 0 Å². The molecular formula is C11H19N3O5. The summed E-state index contributed by atoms with van der Waals surface area (Å²) >= 11 is 0. The van der Waals surface area contributed by atoms with Crippen molar-refractivity contribution < 1.29 is 24.6 Å². The van der Waals surface area contributed by atoms with Gasteiger partial charge < -0.3 is 26.2 Å². The van der Waals surface area contributed by atoms with E-state index in [4.69, 9.17) is 10.8 Å². The largest absolute Gasteiger partial charge is 0.481 e. The highest BCUT2D eigenvalue weighted by Crippen LogP contribution is 2.16. The van der Waals surface area contributed by atoms with E-state index in [-0.39, 0.29) is 19.0 Å². The lowest BCUT2D eigenvalue weighted by molar-refractivity contribution is -0.141. The molecule has 19 heavy (non-hydrogen) atoms. The van der Waals surface area contributed by atoms with E-state index in [2.05, 4.69) is 5.32 Å². The standard InChI is InChI=1S/C11H19N3O5/c1-11(19,4-8(15)16)6-13-10(18)14-3-2-7(5-14)9(12)17/h7,19H,2-6H2,1H3,(H2,12,17)(H,13,18)(H,15,16). The SMILES string of the molecule is CC(O)(CNC(=O)N1CCC(C(N)=O)C1)CC(=O)O. The number of hydrogen-bond acceptors (Lipinski definition) is 4. The predicted molar refractivity (Wildman–Crippen MR) is 65.1 cm³/mol. The van der Waals surface area contributed by atoms with Crippen molar-refractivity contribution in [2.75, 3.05) is 19.6 Å². The number of nitrogens with one attached hydrogen (secondary N) is 1. The van der Waals surface area contributed by atoms with E-state index in [1.807, 2.05) is 0 Å². The molecular weight excluding hydrogens is 254 g/mol. The molecule has 0 aliphatic carbocycles. The van der Waals surface area contributed by atoms with Crippen LogP contribution in [0.1, 0.15) is 19.8 Å². The summed E-state index contributed by atoms with van der Waals surface area (Å²) in [4.78, 5) is 34.6. The third-order valence-corrected chi connectivity index (χ3v) is 3.03. The summed E-state index contributed by atoms with van der Waals surface area (Å²) in [5.41, 5.74) is 3.65. The molecule has 1 aliphatic heterocycles. The fraction of sp³-hybridized carbons (Fsp3) is 0.727. The second-order valence-corrected chi connectivity index (χ2v) is 5.06. The van der Waals surface area contributed by atoms with Gasteiger partial charge >= 0.3 is 12.0 Å². The number of carboxylic acids is 1. The van der Waals surface area contributed by atoms with E-state index in [1.165, 1.54) is 11.8 Å². The first-order chi connectivity index (χ1) is 8.71. The Morgan fingerprint density at radius 2 is 2.11 bits per heavy atom. The molecule has 3 amide bonds. The summed E-state index contributed by atoms with van der Waals surface area (Å²) in [5.74, 6) is -1.92. The number of nitrogens with zero attached hydrogens (tertiary/aromatic N) is 1. The minimum atomic E-state index is -1.51. The second kappa shape index (κ2) is 5.87. The predicted octanol–water partition coefficient (Wildman–Crippen LogP) is -1.27. The van der Waals surface area contributed by atoms with Crippen LogP contribution in [0.2, 0.25) is 0 Å². The summed E-state index contributed by atoms with van der Waals surface area (Å²) in [7, 11) is 0.